The Kier molecular flexibility index (Phi) is 4.63. The molecular formula is C21H22ClNO3. The van der Waals surface area contributed by atoms with Crippen LogP contribution in [0.1, 0.15) is 16.7 Å². The van der Waals surface area contributed by atoms with E-state index in [0.29, 0.717) is 6.61 Å². The van der Waals surface area contributed by atoms with E-state index in [0.717, 1.165) is 48.7 Å². The summed E-state index contributed by atoms with van der Waals surface area (Å²) in [4.78, 5) is 12.8. The molecule has 0 amide bonds. The average molecular weight is 372 g/mol. The second-order valence-corrected chi connectivity index (χ2v) is 7.92. The maximum absolute atomic E-state index is 10.8. The van der Waals surface area contributed by atoms with Crippen molar-refractivity contribution in [1.82, 2.24) is 4.90 Å². The molecule has 0 saturated carbocycles. The lowest BCUT2D eigenvalue weighted by Crippen LogP contribution is -2.58. The summed E-state index contributed by atoms with van der Waals surface area (Å²) in [6.07, 6.45) is 2.84. The van der Waals surface area contributed by atoms with Gasteiger partial charge in [0.1, 0.15) is 5.75 Å². The molecule has 2 aromatic rings. The number of rotatable bonds is 6. The molecule has 4 nitrogen and oxygen atoms in total. The van der Waals surface area contributed by atoms with Crippen molar-refractivity contribution in [3.05, 3.63) is 64.2 Å². The maximum Gasteiger partial charge on any atom is 0.317 e. The minimum Gasteiger partial charge on any atom is -0.493 e. The van der Waals surface area contributed by atoms with E-state index in [1.165, 1.54) is 11.1 Å². The van der Waals surface area contributed by atoms with Gasteiger partial charge in [-0.3, -0.25) is 9.69 Å². The number of carboxylic acid groups (broad SMARTS) is 1. The smallest absolute Gasteiger partial charge is 0.317 e. The first-order chi connectivity index (χ1) is 12.5. The van der Waals surface area contributed by atoms with Crippen molar-refractivity contribution in [1.29, 1.82) is 0 Å². The van der Waals surface area contributed by atoms with Crippen molar-refractivity contribution in [2.75, 3.05) is 26.2 Å². The van der Waals surface area contributed by atoms with Crippen LogP contribution in [-0.4, -0.2) is 42.2 Å². The third kappa shape index (κ3) is 3.57. The molecule has 5 heteroatoms. The average Bonchev–Trinajstić information content (AvgIpc) is 2.94. The predicted molar refractivity (Wildman–Crippen MR) is 101 cm³/mol. The second kappa shape index (κ2) is 6.93. The molecule has 26 heavy (non-hydrogen) atoms. The molecule has 1 fully saturated rings. The van der Waals surface area contributed by atoms with Crippen molar-refractivity contribution >= 4 is 17.6 Å². The number of benzene rings is 2. The quantitative estimate of drug-likeness (QED) is 0.845. The van der Waals surface area contributed by atoms with Gasteiger partial charge in [0.15, 0.2) is 0 Å². The summed E-state index contributed by atoms with van der Waals surface area (Å²) in [5, 5.41) is 9.69. The fourth-order valence-electron chi connectivity index (χ4n) is 4.31. The lowest BCUT2D eigenvalue weighted by atomic mass is 9.77. The second-order valence-electron chi connectivity index (χ2n) is 7.51. The van der Waals surface area contributed by atoms with Gasteiger partial charge in [0, 0.05) is 29.9 Å². The molecule has 2 aromatic carbocycles. The van der Waals surface area contributed by atoms with E-state index in [1.54, 1.807) is 0 Å². The summed E-state index contributed by atoms with van der Waals surface area (Å²) < 4.78 is 5.94. The number of halogens is 1. The van der Waals surface area contributed by atoms with Gasteiger partial charge in [0.25, 0.3) is 0 Å². The first kappa shape index (κ1) is 17.4. The largest absolute Gasteiger partial charge is 0.493 e. The zero-order valence-corrected chi connectivity index (χ0v) is 15.3. The van der Waals surface area contributed by atoms with Gasteiger partial charge in [0.05, 0.1) is 13.2 Å². The number of hydrogen-bond donors (Lipinski definition) is 1. The Balaban J connectivity index is 1.33. The van der Waals surface area contributed by atoms with Gasteiger partial charge in [-0.05, 0) is 47.7 Å². The van der Waals surface area contributed by atoms with Crippen molar-refractivity contribution in [3.63, 3.8) is 0 Å². The van der Waals surface area contributed by atoms with Crippen LogP contribution in [0.5, 0.6) is 5.75 Å². The molecule has 1 aliphatic carbocycles. The number of likely N-dealkylation sites (tertiary alicyclic amines) is 1. The third-order valence-electron chi connectivity index (χ3n) is 5.38. The first-order valence-electron chi connectivity index (χ1n) is 8.95. The van der Waals surface area contributed by atoms with Gasteiger partial charge in [-0.15, -0.1) is 0 Å². The zero-order chi connectivity index (χ0) is 18.1. The summed E-state index contributed by atoms with van der Waals surface area (Å²) in [5.74, 6) is 0.152. The SMILES string of the molecule is O=C(O)CN1CC2(Cc3ccc(OCCc4ccccc4Cl)cc3C2)C1. The highest BCUT2D eigenvalue weighted by atomic mass is 35.5. The molecule has 1 N–H and O–H groups in total. The number of nitrogens with zero attached hydrogens (tertiary/aromatic N) is 1. The number of hydrogen-bond acceptors (Lipinski definition) is 3. The Morgan fingerprint density at radius 2 is 1.92 bits per heavy atom. The summed E-state index contributed by atoms with van der Waals surface area (Å²) in [5.41, 5.74) is 4.05. The number of ether oxygens (including phenoxy) is 1. The standard InChI is InChI=1S/C21H22ClNO3/c22-19-4-2-1-3-15(19)7-8-26-18-6-5-16-10-21(11-17(16)9-18)13-23(14-21)12-20(24)25/h1-6,9H,7-8,10-14H2,(H,24,25). The normalized spacial score (nSPS) is 17.7. The van der Waals surface area contributed by atoms with Crippen LogP contribution in [0.15, 0.2) is 42.5 Å². The van der Waals surface area contributed by atoms with E-state index in [1.807, 2.05) is 35.2 Å². The van der Waals surface area contributed by atoms with Gasteiger partial charge < -0.3 is 9.84 Å². The summed E-state index contributed by atoms with van der Waals surface area (Å²) in [6.45, 7) is 2.49. The summed E-state index contributed by atoms with van der Waals surface area (Å²) in [6, 6.07) is 14.2. The van der Waals surface area contributed by atoms with Gasteiger partial charge in [-0.2, -0.15) is 0 Å². The van der Waals surface area contributed by atoms with Crippen molar-refractivity contribution in [3.8, 4) is 5.75 Å². The Hall–Kier alpha value is -2.04. The van der Waals surface area contributed by atoms with Gasteiger partial charge in [-0.25, -0.2) is 0 Å². The molecule has 0 unspecified atom stereocenters. The highest BCUT2D eigenvalue weighted by Crippen LogP contribution is 2.44. The predicted octanol–water partition coefficient (Wildman–Crippen LogP) is 3.45. The number of carbonyl (C=O) groups is 1. The van der Waals surface area contributed by atoms with Crippen LogP contribution in [0.3, 0.4) is 0 Å². The lowest BCUT2D eigenvalue weighted by molar-refractivity contribution is -0.141. The zero-order valence-electron chi connectivity index (χ0n) is 14.6. The van der Waals surface area contributed by atoms with Crippen molar-refractivity contribution < 1.29 is 14.6 Å². The Labute approximate surface area is 158 Å². The van der Waals surface area contributed by atoms with Crippen LogP contribution >= 0.6 is 11.6 Å². The Morgan fingerprint density at radius 3 is 2.69 bits per heavy atom. The molecule has 1 aliphatic heterocycles. The van der Waals surface area contributed by atoms with E-state index in [4.69, 9.17) is 21.4 Å². The van der Waals surface area contributed by atoms with Crippen LogP contribution in [0.2, 0.25) is 5.02 Å². The molecule has 0 aromatic heterocycles. The number of fused-ring (bicyclic) bond motifs is 1. The molecule has 0 atom stereocenters. The van der Waals surface area contributed by atoms with E-state index < -0.39 is 5.97 Å². The van der Waals surface area contributed by atoms with E-state index >= 15 is 0 Å². The van der Waals surface area contributed by atoms with Gasteiger partial charge in [-0.1, -0.05) is 35.9 Å². The monoisotopic (exact) mass is 371 g/mol. The minimum atomic E-state index is -0.746. The molecular weight excluding hydrogens is 350 g/mol. The van der Waals surface area contributed by atoms with Crippen molar-refractivity contribution in [2.45, 2.75) is 19.3 Å². The van der Waals surface area contributed by atoms with Crippen LogP contribution < -0.4 is 4.74 Å². The third-order valence-corrected chi connectivity index (χ3v) is 5.75. The molecule has 0 radical (unpaired) electrons. The summed E-state index contributed by atoms with van der Waals surface area (Å²) in [7, 11) is 0. The Morgan fingerprint density at radius 1 is 1.15 bits per heavy atom. The highest BCUT2D eigenvalue weighted by Gasteiger charge is 2.47. The fourth-order valence-corrected chi connectivity index (χ4v) is 4.54. The molecule has 136 valence electrons. The number of carboxylic acids is 1. The van der Waals surface area contributed by atoms with E-state index in [2.05, 4.69) is 12.1 Å². The Bertz CT molecular complexity index is 830. The molecule has 2 aliphatic rings. The molecule has 1 spiro atoms. The summed E-state index contributed by atoms with van der Waals surface area (Å²) >= 11 is 6.18. The van der Waals surface area contributed by atoms with Gasteiger partial charge in [0.2, 0.25) is 0 Å². The van der Waals surface area contributed by atoms with E-state index in [9.17, 15) is 4.79 Å². The minimum absolute atomic E-state index is 0.147. The highest BCUT2D eigenvalue weighted by molar-refractivity contribution is 6.31. The van der Waals surface area contributed by atoms with E-state index in [-0.39, 0.29) is 12.0 Å². The van der Waals surface area contributed by atoms with Crippen molar-refractivity contribution in [2.24, 2.45) is 5.41 Å². The molecule has 0 bridgehead atoms. The molecule has 1 saturated heterocycles. The van der Waals surface area contributed by atoms with Crippen LogP contribution in [0, 0.1) is 5.41 Å². The lowest BCUT2D eigenvalue weighted by Gasteiger charge is -2.47. The first-order valence-corrected chi connectivity index (χ1v) is 9.33. The fraction of sp³-hybridized carbons (Fsp3) is 0.381. The van der Waals surface area contributed by atoms with Gasteiger partial charge >= 0.3 is 5.97 Å². The molecule has 4 rings (SSSR count). The molecule has 1 heterocycles. The van der Waals surface area contributed by atoms with Crippen LogP contribution in [0.25, 0.3) is 0 Å². The maximum atomic E-state index is 10.8. The van der Waals surface area contributed by atoms with Crippen LogP contribution in [0.4, 0.5) is 0 Å². The topological polar surface area (TPSA) is 49.8 Å². The van der Waals surface area contributed by atoms with Crippen LogP contribution in [-0.2, 0) is 24.1 Å². The number of aliphatic carboxylic acids is 1.